The Morgan fingerprint density at radius 2 is 1.77 bits per heavy atom. The third-order valence-electron chi connectivity index (χ3n) is 2.81. The molecule has 13 heavy (non-hydrogen) atoms. The predicted molar refractivity (Wildman–Crippen MR) is 52.5 cm³/mol. The molecule has 0 saturated heterocycles. The first-order valence-corrected chi connectivity index (χ1v) is 5.05. The molecule has 2 atom stereocenters. The second kappa shape index (κ2) is 4.45. The maximum absolute atomic E-state index is 11.4. The van der Waals surface area contributed by atoms with Crippen LogP contribution in [0.2, 0.25) is 0 Å². The lowest BCUT2D eigenvalue weighted by Gasteiger charge is -2.07. The van der Waals surface area contributed by atoms with Crippen LogP contribution in [-0.2, 0) is 4.79 Å². The highest BCUT2D eigenvalue weighted by atomic mass is 16.3. The molecular weight excluding hydrogens is 164 g/mol. The van der Waals surface area contributed by atoms with E-state index in [9.17, 15) is 9.90 Å². The van der Waals surface area contributed by atoms with Crippen LogP contribution in [0.4, 0.5) is 0 Å². The predicted octanol–water partition coefficient (Wildman–Crippen LogP) is 2.84. The van der Waals surface area contributed by atoms with Crippen molar-refractivity contribution < 1.29 is 9.90 Å². The molecular formula is C11H18O2. The minimum absolute atomic E-state index is 0.0752. The molecule has 0 heterocycles. The van der Waals surface area contributed by atoms with Gasteiger partial charge in [0.05, 0.1) is 5.76 Å². The summed E-state index contributed by atoms with van der Waals surface area (Å²) in [7, 11) is 0. The van der Waals surface area contributed by atoms with E-state index in [1.165, 1.54) is 6.08 Å². The lowest BCUT2D eigenvalue weighted by atomic mass is 9.99. The highest BCUT2D eigenvalue weighted by Gasteiger charge is 2.16. The summed E-state index contributed by atoms with van der Waals surface area (Å²) in [5.74, 6) is 0.562. The van der Waals surface area contributed by atoms with Crippen LogP contribution in [0.5, 0.6) is 0 Å². The molecule has 2 nitrogen and oxygen atoms in total. The summed E-state index contributed by atoms with van der Waals surface area (Å²) in [6.45, 7) is 3.90. The number of aliphatic hydroxyl groups is 1. The van der Waals surface area contributed by atoms with Gasteiger partial charge in [-0.15, -0.1) is 0 Å². The zero-order valence-corrected chi connectivity index (χ0v) is 8.42. The Hall–Kier alpha value is -0.790. The van der Waals surface area contributed by atoms with Gasteiger partial charge in [0.1, 0.15) is 0 Å². The van der Waals surface area contributed by atoms with Crippen LogP contribution in [0, 0.1) is 11.8 Å². The molecule has 0 spiro atoms. The summed E-state index contributed by atoms with van der Waals surface area (Å²) < 4.78 is 0. The third-order valence-corrected chi connectivity index (χ3v) is 2.81. The van der Waals surface area contributed by atoms with Crippen molar-refractivity contribution in [2.24, 2.45) is 11.8 Å². The topological polar surface area (TPSA) is 37.3 Å². The Balaban J connectivity index is 2.74. The standard InChI is InChI=1S/C11H18O2/c1-8-5-3-4-6-9(2)11(13)7-10(8)12/h7-9,12H,3-6H2,1-2H3/b10-7-. The van der Waals surface area contributed by atoms with Crippen molar-refractivity contribution in [1.82, 2.24) is 0 Å². The number of hydrogen-bond donors (Lipinski definition) is 1. The molecule has 1 rings (SSSR count). The molecule has 0 aromatic rings. The molecule has 74 valence electrons. The molecule has 1 aliphatic carbocycles. The van der Waals surface area contributed by atoms with E-state index in [1.54, 1.807) is 0 Å². The summed E-state index contributed by atoms with van der Waals surface area (Å²) in [6, 6.07) is 0. The van der Waals surface area contributed by atoms with Gasteiger partial charge in [0, 0.05) is 17.9 Å². The SMILES string of the molecule is CC1CCCCC(C)/C(O)=C/C1=O. The van der Waals surface area contributed by atoms with Crippen LogP contribution in [0.1, 0.15) is 39.5 Å². The number of carbonyl (C=O) groups is 1. The van der Waals surface area contributed by atoms with Gasteiger partial charge in [-0.25, -0.2) is 0 Å². The van der Waals surface area contributed by atoms with Crippen molar-refractivity contribution in [3.63, 3.8) is 0 Å². The molecule has 0 aromatic carbocycles. The number of carbonyl (C=O) groups excluding carboxylic acids is 1. The van der Waals surface area contributed by atoms with Gasteiger partial charge in [0.15, 0.2) is 5.78 Å². The van der Waals surface area contributed by atoms with E-state index in [4.69, 9.17) is 0 Å². The van der Waals surface area contributed by atoms with Crippen molar-refractivity contribution in [3.8, 4) is 0 Å². The summed E-state index contributed by atoms with van der Waals surface area (Å²) in [6.07, 6.45) is 5.56. The van der Waals surface area contributed by atoms with Gasteiger partial charge in [0.25, 0.3) is 0 Å². The fraction of sp³-hybridized carbons (Fsp3) is 0.727. The van der Waals surface area contributed by atoms with E-state index >= 15 is 0 Å². The molecule has 0 fully saturated rings. The first-order chi connectivity index (χ1) is 6.11. The van der Waals surface area contributed by atoms with Crippen LogP contribution in [-0.4, -0.2) is 10.9 Å². The molecule has 0 aromatic heterocycles. The number of hydrogen-bond acceptors (Lipinski definition) is 2. The summed E-state index contributed by atoms with van der Waals surface area (Å²) in [5.41, 5.74) is 0. The molecule has 0 saturated carbocycles. The first-order valence-electron chi connectivity index (χ1n) is 5.05. The fourth-order valence-electron chi connectivity index (χ4n) is 1.62. The van der Waals surface area contributed by atoms with Gasteiger partial charge < -0.3 is 5.11 Å². The van der Waals surface area contributed by atoms with Gasteiger partial charge in [0.2, 0.25) is 0 Å². The second-order valence-electron chi connectivity index (χ2n) is 4.06. The minimum Gasteiger partial charge on any atom is -0.512 e. The third kappa shape index (κ3) is 2.87. The Morgan fingerprint density at radius 1 is 1.23 bits per heavy atom. The average Bonchev–Trinajstić information content (AvgIpc) is 2.13. The van der Waals surface area contributed by atoms with E-state index in [0.717, 1.165) is 25.7 Å². The number of ketones is 1. The van der Waals surface area contributed by atoms with Crippen molar-refractivity contribution in [3.05, 3.63) is 11.8 Å². The van der Waals surface area contributed by atoms with E-state index in [1.807, 2.05) is 13.8 Å². The van der Waals surface area contributed by atoms with E-state index in [0.29, 0.717) is 0 Å². The van der Waals surface area contributed by atoms with Crippen LogP contribution in [0.25, 0.3) is 0 Å². The molecule has 0 amide bonds. The van der Waals surface area contributed by atoms with Crippen molar-refractivity contribution >= 4 is 5.78 Å². The largest absolute Gasteiger partial charge is 0.512 e. The molecule has 0 aliphatic heterocycles. The number of aliphatic hydroxyl groups excluding tert-OH is 1. The number of allylic oxidation sites excluding steroid dienone is 2. The highest BCUT2D eigenvalue weighted by Crippen LogP contribution is 2.21. The van der Waals surface area contributed by atoms with Gasteiger partial charge in [-0.3, -0.25) is 4.79 Å². The maximum Gasteiger partial charge on any atom is 0.161 e. The summed E-state index contributed by atoms with van der Waals surface area (Å²) >= 11 is 0. The number of rotatable bonds is 0. The van der Waals surface area contributed by atoms with Gasteiger partial charge in [-0.1, -0.05) is 26.7 Å². The van der Waals surface area contributed by atoms with Crippen molar-refractivity contribution in [1.29, 1.82) is 0 Å². The molecule has 1 N–H and O–H groups in total. The molecule has 2 heteroatoms. The van der Waals surface area contributed by atoms with E-state index < -0.39 is 0 Å². The van der Waals surface area contributed by atoms with Gasteiger partial charge in [-0.05, 0) is 12.8 Å². The highest BCUT2D eigenvalue weighted by molar-refractivity contribution is 5.91. The Bertz CT molecular complexity index is 218. The minimum atomic E-state index is 0.0752. The normalized spacial score (nSPS) is 35.5. The molecule has 0 bridgehead atoms. The van der Waals surface area contributed by atoms with Crippen LogP contribution in [0.3, 0.4) is 0 Å². The monoisotopic (exact) mass is 182 g/mol. The Kier molecular flexibility index (Phi) is 3.52. The maximum atomic E-state index is 11.4. The quantitative estimate of drug-likeness (QED) is 0.625. The summed E-state index contributed by atoms with van der Waals surface area (Å²) in [4.78, 5) is 11.4. The van der Waals surface area contributed by atoms with Gasteiger partial charge >= 0.3 is 0 Å². The van der Waals surface area contributed by atoms with E-state index in [-0.39, 0.29) is 23.4 Å². The molecule has 2 unspecified atom stereocenters. The fourth-order valence-corrected chi connectivity index (χ4v) is 1.62. The zero-order valence-electron chi connectivity index (χ0n) is 8.42. The van der Waals surface area contributed by atoms with Crippen molar-refractivity contribution in [2.45, 2.75) is 39.5 Å². The lowest BCUT2D eigenvalue weighted by molar-refractivity contribution is -0.118. The van der Waals surface area contributed by atoms with Gasteiger partial charge in [-0.2, -0.15) is 0 Å². The van der Waals surface area contributed by atoms with E-state index in [2.05, 4.69) is 0 Å². The van der Waals surface area contributed by atoms with Crippen LogP contribution in [0.15, 0.2) is 11.8 Å². The Morgan fingerprint density at radius 3 is 2.38 bits per heavy atom. The van der Waals surface area contributed by atoms with Crippen molar-refractivity contribution in [2.75, 3.05) is 0 Å². The molecule has 0 radical (unpaired) electrons. The molecule has 1 aliphatic rings. The Labute approximate surface area is 79.6 Å². The van der Waals surface area contributed by atoms with Crippen LogP contribution < -0.4 is 0 Å². The second-order valence-corrected chi connectivity index (χ2v) is 4.06. The van der Waals surface area contributed by atoms with Crippen LogP contribution >= 0.6 is 0 Å². The first kappa shape index (κ1) is 10.3. The lowest BCUT2D eigenvalue weighted by Crippen LogP contribution is -2.08. The average molecular weight is 182 g/mol. The summed E-state index contributed by atoms with van der Waals surface area (Å²) in [5, 5.41) is 9.54. The zero-order chi connectivity index (χ0) is 9.84. The smallest absolute Gasteiger partial charge is 0.161 e.